The summed E-state index contributed by atoms with van der Waals surface area (Å²) in [5.74, 6) is 0.792. The number of aliphatic imine (C=N–C) groups is 1. The first-order valence-electron chi connectivity index (χ1n) is 7.18. The summed E-state index contributed by atoms with van der Waals surface area (Å²) in [6.07, 6.45) is 13.0. The molecule has 2 rings (SSSR count). The van der Waals surface area contributed by atoms with Gasteiger partial charge in [-0.3, -0.25) is 4.99 Å². The standard InChI is InChI=1S/C16H25NS/c1-4-13-5-7-15(8-6-13)16-10-14(11-17-16)9-12(2)18-3/h5,7,12,14H,4,6,8-11H2,1-3H3. The maximum absolute atomic E-state index is 4.79. The van der Waals surface area contributed by atoms with Gasteiger partial charge >= 0.3 is 0 Å². The second kappa shape index (κ2) is 6.60. The van der Waals surface area contributed by atoms with Crippen molar-refractivity contribution in [3.05, 3.63) is 23.3 Å². The molecule has 18 heavy (non-hydrogen) atoms. The zero-order valence-corrected chi connectivity index (χ0v) is 12.7. The van der Waals surface area contributed by atoms with Crippen LogP contribution in [0.5, 0.6) is 0 Å². The van der Waals surface area contributed by atoms with Crippen LogP contribution in [-0.4, -0.2) is 23.8 Å². The summed E-state index contributed by atoms with van der Waals surface area (Å²) in [5.41, 5.74) is 4.50. The molecule has 0 spiro atoms. The molecule has 2 aliphatic rings. The molecule has 2 unspecified atom stereocenters. The summed E-state index contributed by atoms with van der Waals surface area (Å²) in [5, 5.41) is 0.775. The number of hydrogen-bond acceptors (Lipinski definition) is 2. The minimum absolute atomic E-state index is 0.775. The van der Waals surface area contributed by atoms with Gasteiger partial charge < -0.3 is 0 Å². The predicted octanol–water partition coefficient (Wildman–Crippen LogP) is 4.65. The van der Waals surface area contributed by atoms with Gasteiger partial charge in [-0.15, -0.1) is 0 Å². The highest BCUT2D eigenvalue weighted by atomic mass is 32.2. The van der Waals surface area contributed by atoms with Gasteiger partial charge in [-0.05, 0) is 49.9 Å². The Morgan fingerprint density at radius 1 is 1.39 bits per heavy atom. The van der Waals surface area contributed by atoms with Gasteiger partial charge in [-0.1, -0.05) is 31.6 Å². The van der Waals surface area contributed by atoms with Crippen LogP contribution in [0.25, 0.3) is 0 Å². The summed E-state index contributed by atoms with van der Waals surface area (Å²) in [6.45, 7) is 5.64. The lowest BCUT2D eigenvalue weighted by Crippen LogP contribution is -2.10. The second-order valence-corrected chi connectivity index (χ2v) is 6.79. The molecule has 0 aromatic rings. The summed E-state index contributed by atoms with van der Waals surface area (Å²) < 4.78 is 0. The Labute approximate surface area is 116 Å². The van der Waals surface area contributed by atoms with Crippen LogP contribution in [0.1, 0.15) is 46.0 Å². The summed E-state index contributed by atoms with van der Waals surface area (Å²) in [6, 6.07) is 0. The Hall–Kier alpha value is -0.500. The molecule has 0 saturated heterocycles. The van der Waals surface area contributed by atoms with Gasteiger partial charge in [0.05, 0.1) is 0 Å². The second-order valence-electron chi connectivity index (χ2n) is 5.51. The molecule has 100 valence electrons. The highest BCUT2D eigenvalue weighted by Gasteiger charge is 2.23. The van der Waals surface area contributed by atoms with E-state index in [2.05, 4.69) is 32.3 Å². The maximum atomic E-state index is 4.79. The van der Waals surface area contributed by atoms with Gasteiger partial charge in [0.15, 0.2) is 0 Å². The first-order valence-corrected chi connectivity index (χ1v) is 8.46. The molecule has 1 heterocycles. The molecule has 0 N–H and O–H groups in total. The highest BCUT2D eigenvalue weighted by molar-refractivity contribution is 7.99. The third-order valence-corrected chi connectivity index (χ3v) is 5.15. The molecule has 1 nitrogen and oxygen atoms in total. The maximum Gasteiger partial charge on any atom is 0.0425 e. The van der Waals surface area contributed by atoms with E-state index in [9.17, 15) is 0 Å². The third-order valence-electron chi connectivity index (χ3n) is 4.15. The first kappa shape index (κ1) is 13.9. The van der Waals surface area contributed by atoms with Gasteiger partial charge in [0.2, 0.25) is 0 Å². The van der Waals surface area contributed by atoms with E-state index in [1.165, 1.54) is 43.4 Å². The van der Waals surface area contributed by atoms with Gasteiger partial charge in [-0.25, -0.2) is 0 Å². The molecule has 2 heteroatoms. The molecule has 0 saturated carbocycles. The SMILES string of the molecule is CCC1=CC=C(C2=NCC(CC(C)SC)C2)CC1. The predicted molar refractivity (Wildman–Crippen MR) is 83.7 cm³/mol. The fourth-order valence-electron chi connectivity index (χ4n) is 2.81. The molecule has 0 radical (unpaired) electrons. The normalized spacial score (nSPS) is 25.5. The minimum atomic E-state index is 0.775. The molecule has 0 amide bonds. The van der Waals surface area contributed by atoms with Crippen LogP contribution in [0.4, 0.5) is 0 Å². The number of hydrogen-bond donors (Lipinski definition) is 0. The van der Waals surface area contributed by atoms with Crippen LogP contribution in [-0.2, 0) is 0 Å². The summed E-state index contributed by atoms with van der Waals surface area (Å²) in [4.78, 5) is 4.79. The quantitative estimate of drug-likeness (QED) is 0.703. The molecule has 2 atom stereocenters. The molecule has 1 aliphatic heterocycles. The van der Waals surface area contributed by atoms with Crippen LogP contribution in [0.15, 0.2) is 28.3 Å². The van der Waals surface area contributed by atoms with Crippen molar-refractivity contribution in [1.29, 1.82) is 0 Å². The number of allylic oxidation sites excluding steroid dienone is 4. The number of rotatable bonds is 5. The zero-order chi connectivity index (χ0) is 13.0. The van der Waals surface area contributed by atoms with Crippen molar-refractivity contribution in [2.24, 2.45) is 10.9 Å². The van der Waals surface area contributed by atoms with Gasteiger partial charge in [0.25, 0.3) is 0 Å². The van der Waals surface area contributed by atoms with Crippen molar-refractivity contribution in [2.75, 3.05) is 12.8 Å². The van der Waals surface area contributed by atoms with E-state index in [0.717, 1.165) is 17.7 Å². The van der Waals surface area contributed by atoms with E-state index in [-0.39, 0.29) is 0 Å². The fraction of sp³-hybridized carbons (Fsp3) is 0.688. The summed E-state index contributed by atoms with van der Waals surface area (Å²) >= 11 is 1.98. The zero-order valence-electron chi connectivity index (χ0n) is 11.9. The average Bonchev–Trinajstić information content (AvgIpc) is 2.87. The average molecular weight is 263 g/mol. The van der Waals surface area contributed by atoms with Crippen molar-refractivity contribution < 1.29 is 0 Å². The fourth-order valence-corrected chi connectivity index (χ4v) is 3.28. The van der Waals surface area contributed by atoms with E-state index in [0.29, 0.717) is 0 Å². The van der Waals surface area contributed by atoms with Crippen molar-refractivity contribution in [2.45, 2.75) is 51.2 Å². The third kappa shape index (κ3) is 3.50. The van der Waals surface area contributed by atoms with Crippen LogP contribution in [0.3, 0.4) is 0 Å². The number of nitrogens with zero attached hydrogens (tertiary/aromatic N) is 1. The molecule has 1 aliphatic carbocycles. The van der Waals surface area contributed by atoms with Gasteiger partial charge in [0, 0.05) is 17.5 Å². The Kier molecular flexibility index (Phi) is 5.11. The molecular formula is C16H25NS. The first-order chi connectivity index (χ1) is 8.72. The summed E-state index contributed by atoms with van der Waals surface area (Å²) in [7, 11) is 0. The molecular weight excluding hydrogens is 238 g/mol. The van der Waals surface area contributed by atoms with E-state index >= 15 is 0 Å². The smallest absolute Gasteiger partial charge is 0.0425 e. The van der Waals surface area contributed by atoms with Crippen LogP contribution < -0.4 is 0 Å². The molecule has 0 aromatic heterocycles. The Bertz CT molecular complexity index is 379. The van der Waals surface area contributed by atoms with Crippen LogP contribution in [0.2, 0.25) is 0 Å². The van der Waals surface area contributed by atoms with Gasteiger partial charge in [-0.2, -0.15) is 11.8 Å². The van der Waals surface area contributed by atoms with Crippen molar-refractivity contribution in [3.8, 4) is 0 Å². The Morgan fingerprint density at radius 3 is 2.83 bits per heavy atom. The largest absolute Gasteiger partial charge is 0.289 e. The van der Waals surface area contributed by atoms with Crippen molar-refractivity contribution in [3.63, 3.8) is 0 Å². The highest BCUT2D eigenvalue weighted by Crippen LogP contribution is 2.29. The van der Waals surface area contributed by atoms with Crippen LogP contribution in [0, 0.1) is 5.92 Å². The van der Waals surface area contributed by atoms with E-state index in [4.69, 9.17) is 4.99 Å². The topological polar surface area (TPSA) is 12.4 Å². The van der Waals surface area contributed by atoms with Crippen LogP contribution >= 0.6 is 11.8 Å². The monoisotopic (exact) mass is 263 g/mol. The van der Waals surface area contributed by atoms with Crippen molar-refractivity contribution in [1.82, 2.24) is 0 Å². The molecule has 0 fully saturated rings. The lowest BCUT2D eigenvalue weighted by atomic mass is 9.90. The Morgan fingerprint density at radius 2 is 2.22 bits per heavy atom. The lowest BCUT2D eigenvalue weighted by molar-refractivity contribution is 0.541. The molecule has 0 bridgehead atoms. The lowest BCUT2D eigenvalue weighted by Gasteiger charge is -2.16. The van der Waals surface area contributed by atoms with E-state index in [1.54, 1.807) is 5.57 Å². The van der Waals surface area contributed by atoms with E-state index in [1.807, 2.05) is 11.8 Å². The molecule has 0 aromatic carbocycles. The Balaban J connectivity index is 1.89. The minimum Gasteiger partial charge on any atom is -0.289 e. The van der Waals surface area contributed by atoms with E-state index < -0.39 is 0 Å². The van der Waals surface area contributed by atoms with Crippen molar-refractivity contribution >= 4 is 17.5 Å². The van der Waals surface area contributed by atoms with Gasteiger partial charge in [0.1, 0.15) is 0 Å². The number of thioether (sulfide) groups is 1.